The van der Waals surface area contributed by atoms with Crippen molar-refractivity contribution in [3.05, 3.63) is 47.8 Å². The second-order valence-electron chi connectivity index (χ2n) is 5.32. The highest BCUT2D eigenvalue weighted by Crippen LogP contribution is 2.13. The van der Waals surface area contributed by atoms with Crippen LogP contribution in [0.15, 0.2) is 41.4 Å². The lowest BCUT2D eigenvalue weighted by molar-refractivity contribution is 0.542. The van der Waals surface area contributed by atoms with E-state index in [1.807, 2.05) is 39.1 Å². The molecule has 0 aliphatic rings. The predicted molar refractivity (Wildman–Crippen MR) is 82.7 cm³/mol. The van der Waals surface area contributed by atoms with Crippen LogP contribution in [0.4, 0.5) is 0 Å². The van der Waals surface area contributed by atoms with Crippen molar-refractivity contribution in [1.82, 2.24) is 15.1 Å². The van der Waals surface area contributed by atoms with Crippen molar-refractivity contribution >= 4 is 9.84 Å². The Morgan fingerprint density at radius 1 is 1.24 bits per heavy atom. The highest BCUT2D eigenvalue weighted by atomic mass is 32.2. The molecule has 0 saturated heterocycles. The summed E-state index contributed by atoms with van der Waals surface area (Å²) in [5.74, 6) is 0.0773. The number of aromatic nitrogens is 2. The minimum Gasteiger partial charge on any atom is -0.308 e. The zero-order valence-corrected chi connectivity index (χ0v) is 13.4. The van der Waals surface area contributed by atoms with E-state index >= 15 is 0 Å². The molecule has 21 heavy (non-hydrogen) atoms. The number of nitrogens with zero attached hydrogens (tertiary/aromatic N) is 2. The molecule has 1 aromatic carbocycles. The molecule has 0 amide bonds. The van der Waals surface area contributed by atoms with Crippen LogP contribution in [0.2, 0.25) is 0 Å². The minimum absolute atomic E-state index is 0.0773. The number of hydrogen-bond acceptors (Lipinski definition) is 4. The second-order valence-corrected chi connectivity index (χ2v) is 7.36. The van der Waals surface area contributed by atoms with E-state index in [1.165, 1.54) is 0 Å². The Labute approximate surface area is 125 Å². The summed E-state index contributed by atoms with van der Waals surface area (Å²) in [6.07, 6.45) is 1.73. The number of hydrogen-bond donors (Lipinski definition) is 1. The zero-order valence-electron chi connectivity index (χ0n) is 12.6. The molecule has 0 radical (unpaired) electrons. The fourth-order valence-electron chi connectivity index (χ4n) is 2.08. The summed E-state index contributed by atoms with van der Waals surface area (Å²) in [5.41, 5.74) is 2.07. The van der Waals surface area contributed by atoms with E-state index in [1.54, 1.807) is 23.0 Å². The molecule has 1 heterocycles. The van der Waals surface area contributed by atoms with Gasteiger partial charge in [0.15, 0.2) is 9.84 Å². The van der Waals surface area contributed by atoms with Crippen LogP contribution in [-0.2, 0) is 23.4 Å². The summed E-state index contributed by atoms with van der Waals surface area (Å²) in [6, 6.07) is 8.75. The Hall–Kier alpha value is -1.66. The summed E-state index contributed by atoms with van der Waals surface area (Å²) in [6.45, 7) is 4.41. The summed E-state index contributed by atoms with van der Waals surface area (Å²) in [4.78, 5) is 0.377. The Morgan fingerprint density at radius 3 is 2.48 bits per heavy atom. The molecule has 0 aliphatic heterocycles. The Bertz CT molecular complexity index is 690. The molecule has 1 aromatic heterocycles. The van der Waals surface area contributed by atoms with Crippen molar-refractivity contribution < 1.29 is 8.42 Å². The fourth-order valence-corrected chi connectivity index (χ4v) is 3.60. The SMILES string of the molecule is Cc1ccc(S(=O)(=O)C[C@@H](C)NCc2ccnn2C)cc1. The zero-order chi connectivity index (χ0) is 15.5. The van der Waals surface area contributed by atoms with Crippen LogP contribution in [-0.4, -0.2) is 30.0 Å². The highest BCUT2D eigenvalue weighted by Gasteiger charge is 2.18. The molecule has 0 aliphatic carbocycles. The van der Waals surface area contributed by atoms with Crippen LogP contribution < -0.4 is 5.32 Å². The number of aryl methyl sites for hydroxylation is 2. The van der Waals surface area contributed by atoms with E-state index in [0.29, 0.717) is 11.4 Å². The summed E-state index contributed by atoms with van der Waals surface area (Å²) >= 11 is 0. The first-order chi connectivity index (χ1) is 9.88. The first kappa shape index (κ1) is 15.7. The van der Waals surface area contributed by atoms with Crippen molar-refractivity contribution in [2.45, 2.75) is 31.3 Å². The number of benzene rings is 1. The summed E-state index contributed by atoms with van der Waals surface area (Å²) in [5, 5.41) is 7.31. The lowest BCUT2D eigenvalue weighted by Crippen LogP contribution is -2.33. The molecule has 2 rings (SSSR count). The third-order valence-corrected chi connectivity index (χ3v) is 5.33. The molecule has 114 valence electrons. The Balaban J connectivity index is 1.96. The molecular formula is C15H21N3O2S. The van der Waals surface area contributed by atoms with Crippen molar-refractivity contribution in [3.63, 3.8) is 0 Å². The topological polar surface area (TPSA) is 64.0 Å². The van der Waals surface area contributed by atoms with Gasteiger partial charge in [0, 0.05) is 25.8 Å². The lowest BCUT2D eigenvalue weighted by Gasteiger charge is -2.14. The monoisotopic (exact) mass is 307 g/mol. The van der Waals surface area contributed by atoms with Crippen LogP contribution in [0.25, 0.3) is 0 Å². The largest absolute Gasteiger partial charge is 0.308 e. The average molecular weight is 307 g/mol. The Morgan fingerprint density at radius 2 is 1.90 bits per heavy atom. The van der Waals surface area contributed by atoms with Gasteiger partial charge in [0.05, 0.1) is 16.3 Å². The van der Waals surface area contributed by atoms with Crippen LogP contribution in [0.3, 0.4) is 0 Å². The standard InChI is InChI=1S/C15H21N3O2S/c1-12-4-6-15(7-5-12)21(19,20)11-13(2)16-10-14-8-9-17-18(14)3/h4-9,13,16H,10-11H2,1-3H3/t13-/m1/s1. The van der Waals surface area contributed by atoms with Gasteiger partial charge in [-0.2, -0.15) is 5.10 Å². The van der Waals surface area contributed by atoms with Crippen LogP contribution in [0, 0.1) is 6.92 Å². The maximum absolute atomic E-state index is 12.3. The van der Waals surface area contributed by atoms with Gasteiger partial charge in [0.25, 0.3) is 0 Å². The van der Waals surface area contributed by atoms with E-state index in [9.17, 15) is 8.42 Å². The van der Waals surface area contributed by atoms with Gasteiger partial charge in [-0.3, -0.25) is 4.68 Å². The van der Waals surface area contributed by atoms with Crippen molar-refractivity contribution in [2.24, 2.45) is 7.05 Å². The third kappa shape index (κ3) is 4.15. The first-order valence-electron chi connectivity index (χ1n) is 6.88. The van der Waals surface area contributed by atoms with Crippen molar-refractivity contribution in [2.75, 3.05) is 5.75 Å². The lowest BCUT2D eigenvalue weighted by atomic mass is 10.2. The molecule has 0 spiro atoms. The van der Waals surface area contributed by atoms with Crippen LogP contribution >= 0.6 is 0 Å². The third-order valence-electron chi connectivity index (χ3n) is 3.40. The van der Waals surface area contributed by atoms with Crippen LogP contribution in [0.1, 0.15) is 18.2 Å². The molecule has 5 nitrogen and oxygen atoms in total. The molecule has 0 fully saturated rings. The average Bonchev–Trinajstić information content (AvgIpc) is 2.82. The Kier molecular flexibility index (Phi) is 4.80. The van der Waals surface area contributed by atoms with Gasteiger partial charge in [-0.1, -0.05) is 17.7 Å². The van der Waals surface area contributed by atoms with Gasteiger partial charge in [-0.05, 0) is 32.0 Å². The van der Waals surface area contributed by atoms with Gasteiger partial charge < -0.3 is 5.32 Å². The molecule has 1 N–H and O–H groups in total. The fraction of sp³-hybridized carbons (Fsp3) is 0.400. The molecular weight excluding hydrogens is 286 g/mol. The number of rotatable bonds is 6. The maximum atomic E-state index is 12.3. The summed E-state index contributed by atoms with van der Waals surface area (Å²) in [7, 11) is -1.40. The van der Waals surface area contributed by atoms with E-state index in [0.717, 1.165) is 11.3 Å². The normalized spacial score (nSPS) is 13.3. The molecule has 0 unspecified atom stereocenters. The van der Waals surface area contributed by atoms with Crippen LogP contribution in [0.5, 0.6) is 0 Å². The molecule has 1 atom stereocenters. The number of sulfone groups is 1. The van der Waals surface area contributed by atoms with Gasteiger partial charge in [0.1, 0.15) is 0 Å². The van der Waals surface area contributed by atoms with E-state index < -0.39 is 9.84 Å². The maximum Gasteiger partial charge on any atom is 0.179 e. The molecule has 6 heteroatoms. The second kappa shape index (κ2) is 6.41. The predicted octanol–water partition coefficient (Wildman–Crippen LogP) is 1.68. The van der Waals surface area contributed by atoms with Gasteiger partial charge >= 0.3 is 0 Å². The number of nitrogens with one attached hydrogen (secondary N) is 1. The van der Waals surface area contributed by atoms with E-state index in [-0.39, 0.29) is 11.8 Å². The van der Waals surface area contributed by atoms with Gasteiger partial charge in [-0.25, -0.2) is 8.42 Å². The van der Waals surface area contributed by atoms with Gasteiger partial charge in [0.2, 0.25) is 0 Å². The quantitative estimate of drug-likeness (QED) is 0.882. The smallest absolute Gasteiger partial charge is 0.179 e. The summed E-state index contributed by atoms with van der Waals surface area (Å²) < 4.78 is 26.4. The van der Waals surface area contributed by atoms with Crippen molar-refractivity contribution in [1.29, 1.82) is 0 Å². The minimum atomic E-state index is -3.26. The molecule has 0 bridgehead atoms. The van der Waals surface area contributed by atoms with Gasteiger partial charge in [-0.15, -0.1) is 0 Å². The van der Waals surface area contributed by atoms with E-state index in [2.05, 4.69) is 10.4 Å². The molecule has 2 aromatic rings. The molecule has 0 saturated carbocycles. The first-order valence-corrected chi connectivity index (χ1v) is 8.53. The highest BCUT2D eigenvalue weighted by molar-refractivity contribution is 7.91. The van der Waals surface area contributed by atoms with Crippen molar-refractivity contribution in [3.8, 4) is 0 Å². The van der Waals surface area contributed by atoms with E-state index in [4.69, 9.17) is 0 Å².